The quantitative estimate of drug-likeness (QED) is 0.560. The maximum Gasteiger partial charge on any atom is 0.249 e. The molecule has 0 spiro atoms. The Labute approximate surface area is 207 Å². The summed E-state index contributed by atoms with van der Waals surface area (Å²) in [5.74, 6) is 0.203. The van der Waals surface area contributed by atoms with Gasteiger partial charge in [-0.05, 0) is 29.3 Å². The first-order valence-electron chi connectivity index (χ1n) is 10.8. The normalized spacial score (nSPS) is 17.0. The number of anilines is 2. The average molecular weight is 494 g/mol. The minimum Gasteiger partial charge on any atom is -0.494 e. The van der Waals surface area contributed by atoms with Crippen LogP contribution in [0.25, 0.3) is 0 Å². The molecule has 0 fully saturated rings. The zero-order chi connectivity index (χ0) is 24.0. The lowest BCUT2D eigenvalue weighted by Crippen LogP contribution is -2.27. The number of benzene rings is 3. The Morgan fingerprint density at radius 1 is 1.12 bits per heavy atom. The molecule has 3 aromatic carbocycles. The third-order valence-electron chi connectivity index (χ3n) is 6.18. The fraction of sp³-hybridized carbons (Fsp3) is 0.192. The van der Waals surface area contributed by atoms with Crippen LogP contribution >= 0.6 is 23.2 Å². The number of carbonyl (C=O) groups excluding carboxylic acids is 2. The number of amides is 2. The van der Waals surface area contributed by atoms with Crippen molar-refractivity contribution in [3.63, 3.8) is 0 Å². The van der Waals surface area contributed by atoms with Gasteiger partial charge in [-0.25, -0.2) is 0 Å². The zero-order valence-corrected chi connectivity index (χ0v) is 20.1. The Balaban J connectivity index is 1.69. The number of carbonyl (C=O) groups is 2. The van der Waals surface area contributed by atoms with Gasteiger partial charge in [0.25, 0.3) is 0 Å². The van der Waals surface area contributed by atoms with Crippen molar-refractivity contribution < 1.29 is 14.3 Å². The predicted molar refractivity (Wildman–Crippen MR) is 135 cm³/mol. The summed E-state index contributed by atoms with van der Waals surface area (Å²) >= 11 is 12.8. The summed E-state index contributed by atoms with van der Waals surface area (Å²) in [4.78, 5) is 32.1. The van der Waals surface area contributed by atoms with Crippen LogP contribution in [0.5, 0.6) is 5.75 Å². The van der Waals surface area contributed by atoms with E-state index in [1.54, 1.807) is 30.1 Å². The van der Waals surface area contributed by atoms with E-state index in [9.17, 15) is 9.59 Å². The van der Waals surface area contributed by atoms with Crippen LogP contribution in [0, 0.1) is 0 Å². The van der Waals surface area contributed by atoms with E-state index in [0.29, 0.717) is 45.6 Å². The second-order valence-corrected chi connectivity index (χ2v) is 9.13. The van der Waals surface area contributed by atoms with Crippen LogP contribution in [0.3, 0.4) is 0 Å². The van der Waals surface area contributed by atoms with E-state index in [-0.39, 0.29) is 11.8 Å². The average Bonchev–Trinajstić information content (AvgIpc) is 3.03. The number of nitrogens with zero attached hydrogens (tertiary/aromatic N) is 2. The first kappa shape index (κ1) is 22.4. The fourth-order valence-electron chi connectivity index (χ4n) is 4.38. The number of hydrogen-bond donors (Lipinski definition) is 1. The summed E-state index contributed by atoms with van der Waals surface area (Å²) in [6.45, 7) is 0. The number of halogens is 2. The van der Waals surface area contributed by atoms with E-state index in [0.717, 1.165) is 22.4 Å². The molecule has 1 N–H and O–H groups in total. The summed E-state index contributed by atoms with van der Waals surface area (Å²) in [6, 6.07) is 15.9. The van der Waals surface area contributed by atoms with E-state index in [1.807, 2.05) is 36.4 Å². The third-order valence-corrected chi connectivity index (χ3v) is 6.77. The summed E-state index contributed by atoms with van der Waals surface area (Å²) in [5.41, 5.74) is 5.10. The Morgan fingerprint density at radius 2 is 1.91 bits per heavy atom. The highest BCUT2D eigenvalue weighted by molar-refractivity contribution is 6.32. The lowest BCUT2D eigenvalue weighted by molar-refractivity contribution is -0.118. The highest BCUT2D eigenvalue weighted by atomic mass is 35.5. The van der Waals surface area contributed by atoms with Crippen molar-refractivity contribution in [3.8, 4) is 5.75 Å². The Hall–Kier alpha value is -3.35. The number of hydrogen-bond acceptors (Lipinski definition) is 4. The molecule has 0 saturated carbocycles. The van der Waals surface area contributed by atoms with Crippen molar-refractivity contribution in [2.45, 2.75) is 18.9 Å². The molecule has 0 aliphatic carbocycles. The van der Waals surface area contributed by atoms with Gasteiger partial charge in [-0.2, -0.15) is 0 Å². The van der Waals surface area contributed by atoms with Gasteiger partial charge in [-0.1, -0.05) is 53.5 Å². The molecule has 2 aliphatic heterocycles. The molecule has 172 valence electrons. The summed E-state index contributed by atoms with van der Waals surface area (Å²) in [7, 11) is 3.28. The fourth-order valence-corrected chi connectivity index (χ4v) is 4.80. The number of ether oxygens (including phenoxy) is 1. The lowest BCUT2D eigenvalue weighted by atomic mass is 9.98. The van der Waals surface area contributed by atoms with Crippen LogP contribution in [-0.4, -0.2) is 37.7 Å². The maximum atomic E-state index is 13.3. The van der Waals surface area contributed by atoms with Crippen molar-refractivity contribution in [3.05, 3.63) is 86.9 Å². The Kier molecular flexibility index (Phi) is 5.80. The number of nitrogens with one attached hydrogen (secondary N) is 1. The smallest absolute Gasteiger partial charge is 0.249 e. The molecule has 0 radical (unpaired) electrons. The first-order valence-corrected chi connectivity index (χ1v) is 11.5. The molecule has 0 aromatic heterocycles. The Morgan fingerprint density at radius 3 is 2.68 bits per heavy atom. The van der Waals surface area contributed by atoms with E-state index in [4.69, 9.17) is 32.9 Å². The predicted octanol–water partition coefficient (Wildman–Crippen LogP) is 4.92. The van der Waals surface area contributed by atoms with Gasteiger partial charge in [0.2, 0.25) is 11.8 Å². The second-order valence-electron chi connectivity index (χ2n) is 8.28. The molecule has 34 heavy (non-hydrogen) atoms. The summed E-state index contributed by atoms with van der Waals surface area (Å²) in [6.07, 6.45) is 0.687. The van der Waals surface area contributed by atoms with E-state index < -0.39 is 6.04 Å². The maximum absolute atomic E-state index is 13.3. The van der Waals surface area contributed by atoms with E-state index >= 15 is 0 Å². The first-order chi connectivity index (χ1) is 16.4. The summed E-state index contributed by atoms with van der Waals surface area (Å²) < 4.78 is 5.53. The standard InChI is InChI=1S/C26H21Cl2N3O3/c1-31-21-10-16(8-7-15(21)11-23(31)32)24-18-12-17(27)13-22(34-2)25(18)30-26(33)20(29-24)9-14-5-3-4-6-19(14)28/h3-8,10,12-13,20H,9,11H2,1-2H3,(H,30,33). The molecule has 1 atom stereocenters. The molecule has 0 bridgehead atoms. The van der Waals surface area contributed by atoms with Crippen LogP contribution in [0.1, 0.15) is 22.3 Å². The molecular formula is C26H21Cl2N3O3. The molecule has 5 rings (SSSR count). The highest BCUT2D eigenvalue weighted by Gasteiger charge is 2.31. The van der Waals surface area contributed by atoms with Gasteiger partial charge < -0.3 is 15.0 Å². The number of benzodiazepines with no additional fused rings is 1. The zero-order valence-electron chi connectivity index (χ0n) is 18.6. The number of likely N-dealkylation sites (N-methyl/N-ethyl adjacent to an activating group) is 1. The van der Waals surface area contributed by atoms with E-state index in [1.165, 1.54) is 7.11 Å². The van der Waals surface area contributed by atoms with Gasteiger partial charge in [0.15, 0.2) is 0 Å². The topological polar surface area (TPSA) is 71.0 Å². The van der Waals surface area contributed by atoms with Crippen LogP contribution < -0.4 is 15.0 Å². The molecule has 2 aliphatic rings. The number of rotatable bonds is 4. The Bertz CT molecular complexity index is 1370. The van der Waals surface area contributed by atoms with Gasteiger partial charge in [-0.15, -0.1) is 0 Å². The van der Waals surface area contributed by atoms with Gasteiger partial charge in [0.05, 0.1) is 24.9 Å². The largest absolute Gasteiger partial charge is 0.494 e. The van der Waals surface area contributed by atoms with Crippen molar-refractivity contribution in [2.75, 3.05) is 24.4 Å². The molecule has 6 nitrogen and oxygen atoms in total. The molecular weight excluding hydrogens is 473 g/mol. The van der Waals surface area contributed by atoms with Crippen molar-refractivity contribution in [1.29, 1.82) is 0 Å². The van der Waals surface area contributed by atoms with Crippen LogP contribution in [0.15, 0.2) is 59.6 Å². The van der Waals surface area contributed by atoms with Gasteiger partial charge >= 0.3 is 0 Å². The highest BCUT2D eigenvalue weighted by Crippen LogP contribution is 2.38. The SMILES string of the molecule is COc1cc(Cl)cc2c1NC(=O)C(Cc1ccccc1Cl)N=C2c1ccc2c(c1)N(C)C(=O)C2. The third kappa shape index (κ3) is 3.93. The number of aliphatic imine (C=N–C) groups is 1. The van der Waals surface area contributed by atoms with E-state index in [2.05, 4.69) is 5.32 Å². The van der Waals surface area contributed by atoms with Crippen molar-refractivity contribution in [1.82, 2.24) is 0 Å². The molecule has 1 unspecified atom stereocenters. The van der Waals surface area contributed by atoms with Crippen LogP contribution in [0.2, 0.25) is 10.0 Å². The molecule has 8 heteroatoms. The monoisotopic (exact) mass is 493 g/mol. The minimum atomic E-state index is -0.738. The van der Waals surface area contributed by atoms with Crippen LogP contribution in [0.4, 0.5) is 11.4 Å². The minimum absolute atomic E-state index is 0.0357. The van der Waals surface area contributed by atoms with Crippen molar-refractivity contribution >= 4 is 52.1 Å². The molecule has 2 amide bonds. The summed E-state index contributed by atoms with van der Waals surface area (Å²) in [5, 5.41) is 4.01. The van der Waals surface area contributed by atoms with Crippen LogP contribution in [-0.2, 0) is 22.4 Å². The number of fused-ring (bicyclic) bond motifs is 2. The number of methoxy groups -OCH3 is 1. The molecule has 2 heterocycles. The lowest BCUT2D eigenvalue weighted by Gasteiger charge is -2.16. The van der Waals surface area contributed by atoms with Gasteiger partial charge in [0.1, 0.15) is 11.8 Å². The molecule has 0 saturated heterocycles. The van der Waals surface area contributed by atoms with Gasteiger partial charge in [-0.3, -0.25) is 14.6 Å². The molecule has 3 aromatic rings. The second kappa shape index (κ2) is 8.78. The van der Waals surface area contributed by atoms with Gasteiger partial charge in [0, 0.05) is 46.4 Å². The van der Waals surface area contributed by atoms with Crippen molar-refractivity contribution in [2.24, 2.45) is 4.99 Å².